The van der Waals surface area contributed by atoms with Crippen molar-refractivity contribution in [3.63, 3.8) is 0 Å². The number of methoxy groups -OCH3 is 1. The Kier molecular flexibility index (Phi) is 7.78. The Morgan fingerprint density at radius 3 is 2.33 bits per heavy atom. The van der Waals surface area contributed by atoms with Crippen molar-refractivity contribution < 1.29 is 24.1 Å². The number of aliphatic carboxylic acids is 1. The van der Waals surface area contributed by atoms with Crippen molar-refractivity contribution in [3.05, 3.63) is 108 Å². The van der Waals surface area contributed by atoms with Crippen molar-refractivity contribution in [1.82, 2.24) is 9.55 Å². The van der Waals surface area contributed by atoms with Gasteiger partial charge in [-0.2, -0.15) is 0 Å². The van der Waals surface area contributed by atoms with Crippen LogP contribution >= 0.6 is 0 Å². The molecule has 0 unspecified atom stereocenters. The van der Waals surface area contributed by atoms with Crippen LogP contribution in [0.2, 0.25) is 0 Å². The number of carboxylic acid groups (broad SMARTS) is 1. The minimum atomic E-state index is -0.851. The lowest BCUT2D eigenvalue weighted by atomic mass is 10.0. The molecule has 0 atom stereocenters. The largest absolute Gasteiger partial charge is 0.497 e. The molecule has 0 fully saturated rings. The summed E-state index contributed by atoms with van der Waals surface area (Å²) in [5.41, 5.74) is 5.95. The van der Waals surface area contributed by atoms with Gasteiger partial charge in [0.2, 0.25) is 0 Å². The zero-order valence-electron chi connectivity index (χ0n) is 22.0. The number of carboxylic acids is 1. The fraction of sp³-hybridized carbons (Fsp3) is 0.188. The monoisotopic (exact) mass is 522 g/mol. The molecule has 0 saturated heterocycles. The Morgan fingerprint density at radius 1 is 0.846 bits per heavy atom. The molecule has 0 spiro atoms. The summed E-state index contributed by atoms with van der Waals surface area (Å²) in [5, 5.41) is 9.19. The van der Waals surface area contributed by atoms with E-state index in [2.05, 4.69) is 29.2 Å². The van der Waals surface area contributed by atoms with Crippen molar-refractivity contribution in [2.24, 2.45) is 7.05 Å². The van der Waals surface area contributed by atoms with Crippen LogP contribution in [0.1, 0.15) is 23.4 Å². The highest BCUT2D eigenvalue weighted by atomic mass is 16.5. The Hall–Kier alpha value is -4.78. The second-order valence-electron chi connectivity index (χ2n) is 9.25. The van der Waals surface area contributed by atoms with Crippen LogP contribution in [0.5, 0.6) is 17.2 Å². The van der Waals surface area contributed by atoms with Crippen molar-refractivity contribution in [2.45, 2.75) is 26.1 Å². The van der Waals surface area contributed by atoms with E-state index in [1.54, 1.807) is 7.11 Å². The van der Waals surface area contributed by atoms with Crippen molar-refractivity contribution in [2.75, 3.05) is 7.11 Å². The first-order chi connectivity index (χ1) is 19.0. The van der Waals surface area contributed by atoms with E-state index >= 15 is 0 Å². The van der Waals surface area contributed by atoms with Gasteiger partial charge in [-0.25, -0.2) is 4.98 Å². The second kappa shape index (κ2) is 11.7. The summed E-state index contributed by atoms with van der Waals surface area (Å²) in [7, 11) is 3.58. The van der Waals surface area contributed by atoms with Gasteiger partial charge in [0.1, 0.15) is 36.3 Å². The Bertz CT molecular complexity index is 1580. The van der Waals surface area contributed by atoms with Crippen LogP contribution in [0.3, 0.4) is 0 Å². The molecule has 5 aromatic rings. The molecule has 0 aliphatic heterocycles. The van der Waals surface area contributed by atoms with Gasteiger partial charge in [-0.3, -0.25) is 4.79 Å². The summed E-state index contributed by atoms with van der Waals surface area (Å²) in [6.07, 6.45) is 0.385. The fourth-order valence-corrected chi connectivity index (χ4v) is 4.42. The molecule has 39 heavy (non-hydrogen) atoms. The van der Waals surface area contributed by atoms with Gasteiger partial charge in [0.15, 0.2) is 0 Å². The van der Waals surface area contributed by atoms with E-state index in [9.17, 15) is 9.90 Å². The molecule has 7 heteroatoms. The van der Waals surface area contributed by atoms with Crippen LogP contribution in [-0.2, 0) is 31.5 Å². The lowest BCUT2D eigenvalue weighted by Gasteiger charge is -2.14. The summed E-state index contributed by atoms with van der Waals surface area (Å²) in [6, 6.07) is 29.7. The zero-order valence-corrected chi connectivity index (χ0v) is 22.0. The lowest BCUT2D eigenvalue weighted by Crippen LogP contribution is -2.05. The number of aromatic nitrogens is 2. The van der Waals surface area contributed by atoms with Gasteiger partial charge < -0.3 is 23.9 Å². The van der Waals surface area contributed by atoms with E-state index in [1.165, 1.54) is 0 Å². The van der Waals surface area contributed by atoms with Crippen LogP contribution < -0.4 is 14.2 Å². The summed E-state index contributed by atoms with van der Waals surface area (Å²) in [5.74, 6) is 1.92. The number of aryl methyl sites for hydroxylation is 2. The average molecular weight is 523 g/mol. The first-order valence-electron chi connectivity index (χ1n) is 12.7. The van der Waals surface area contributed by atoms with Crippen molar-refractivity contribution in [1.29, 1.82) is 0 Å². The molecule has 0 bridgehead atoms. The van der Waals surface area contributed by atoms with Gasteiger partial charge in [-0.15, -0.1) is 0 Å². The predicted molar refractivity (Wildman–Crippen MR) is 150 cm³/mol. The third kappa shape index (κ3) is 6.21. The number of imidazole rings is 1. The van der Waals surface area contributed by atoms with Gasteiger partial charge in [0.05, 0.1) is 18.1 Å². The van der Waals surface area contributed by atoms with Crippen LogP contribution in [0.15, 0.2) is 91.0 Å². The molecule has 0 aliphatic rings. The quantitative estimate of drug-likeness (QED) is 0.215. The zero-order chi connectivity index (χ0) is 27.2. The number of carbonyl (C=O) groups is 1. The molecule has 0 amide bonds. The third-order valence-electron chi connectivity index (χ3n) is 6.65. The maximum Gasteiger partial charge on any atom is 0.303 e. The standard InChI is InChI=1S/C32H30N2O5/c1-34-29-18-26(37-2)15-16-28(29)33-31(34)21-38-27-14-12-25(13-17-32(35)36)30(19-27)39-20-22-8-10-24(11-9-22)23-6-4-3-5-7-23/h3-12,14-16,18-19H,13,17,20-21H2,1-2H3,(H,35,36). The minimum absolute atomic E-state index is 0.0195. The normalized spacial score (nSPS) is 10.9. The fourth-order valence-electron chi connectivity index (χ4n) is 4.42. The summed E-state index contributed by atoms with van der Waals surface area (Å²) in [4.78, 5) is 15.9. The number of fused-ring (bicyclic) bond motifs is 1. The van der Waals surface area contributed by atoms with Gasteiger partial charge in [0.25, 0.3) is 0 Å². The van der Waals surface area contributed by atoms with Crippen molar-refractivity contribution in [3.8, 4) is 28.4 Å². The van der Waals surface area contributed by atoms with E-state index in [0.29, 0.717) is 24.5 Å². The third-order valence-corrected chi connectivity index (χ3v) is 6.65. The van der Waals surface area contributed by atoms with E-state index in [4.69, 9.17) is 14.2 Å². The topological polar surface area (TPSA) is 82.8 Å². The summed E-state index contributed by atoms with van der Waals surface area (Å²) in [6.45, 7) is 0.619. The first-order valence-corrected chi connectivity index (χ1v) is 12.7. The SMILES string of the molecule is COc1ccc2nc(COc3ccc(CCC(=O)O)c(OCc4ccc(-c5ccccc5)cc4)c3)n(C)c2c1. The molecule has 4 aromatic carbocycles. The molecule has 1 heterocycles. The summed E-state index contributed by atoms with van der Waals surface area (Å²) < 4.78 is 19.6. The Morgan fingerprint density at radius 2 is 1.59 bits per heavy atom. The molecular weight excluding hydrogens is 492 g/mol. The number of hydrogen-bond acceptors (Lipinski definition) is 5. The number of nitrogens with zero attached hydrogens (tertiary/aromatic N) is 2. The minimum Gasteiger partial charge on any atom is -0.497 e. The van der Waals surface area contributed by atoms with Crippen LogP contribution in [0.4, 0.5) is 0 Å². The van der Waals surface area contributed by atoms with Crippen LogP contribution in [0.25, 0.3) is 22.2 Å². The number of rotatable bonds is 11. The Balaban J connectivity index is 1.30. The highest BCUT2D eigenvalue weighted by Gasteiger charge is 2.12. The van der Waals surface area contributed by atoms with Crippen LogP contribution in [-0.4, -0.2) is 27.7 Å². The maximum atomic E-state index is 11.2. The highest BCUT2D eigenvalue weighted by Crippen LogP contribution is 2.29. The number of ether oxygens (including phenoxy) is 3. The van der Waals surface area contributed by atoms with E-state index in [-0.39, 0.29) is 13.0 Å². The molecule has 0 aliphatic carbocycles. The molecule has 0 saturated carbocycles. The van der Waals surface area contributed by atoms with Gasteiger partial charge in [0, 0.05) is 25.6 Å². The first kappa shape index (κ1) is 25.9. The van der Waals surface area contributed by atoms with Gasteiger partial charge in [-0.05, 0) is 46.9 Å². The maximum absolute atomic E-state index is 11.2. The molecular formula is C32H30N2O5. The Labute approximate surface area is 227 Å². The smallest absolute Gasteiger partial charge is 0.303 e. The van der Waals surface area contributed by atoms with Crippen molar-refractivity contribution >= 4 is 17.0 Å². The molecule has 198 valence electrons. The van der Waals surface area contributed by atoms with Gasteiger partial charge >= 0.3 is 5.97 Å². The second-order valence-corrected chi connectivity index (χ2v) is 9.25. The van der Waals surface area contributed by atoms with E-state index in [1.807, 2.05) is 78.3 Å². The molecule has 0 radical (unpaired) electrons. The predicted octanol–water partition coefficient (Wildman–Crippen LogP) is 6.42. The molecule has 1 aromatic heterocycles. The number of hydrogen-bond donors (Lipinski definition) is 1. The highest BCUT2D eigenvalue weighted by molar-refractivity contribution is 5.77. The molecule has 1 N–H and O–H groups in total. The number of benzene rings is 4. The lowest BCUT2D eigenvalue weighted by molar-refractivity contribution is -0.136. The van der Waals surface area contributed by atoms with E-state index in [0.717, 1.165) is 44.9 Å². The molecule has 5 rings (SSSR count). The average Bonchev–Trinajstić information content (AvgIpc) is 3.29. The van der Waals surface area contributed by atoms with Crippen LogP contribution in [0, 0.1) is 0 Å². The van der Waals surface area contributed by atoms with E-state index < -0.39 is 5.97 Å². The molecule has 7 nitrogen and oxygen atoms in total. The van der Waals surface area contributed by atoms with Gasteiger partial charge in [-0.1, -0.05) is 60.7 Å². The summed E-state index contributed by atoms with van der Waals surface area (Å²) >= 11 is 0.